The average molecular weight is 505 g/mol. The van der Waals surface area contributed by atoms with Gasteiger partial charge in [0.25, 0.3) is 11.7 Å². The molecule has 0 spiro atoms. The summed E-state index contributed by atoms with van der Waals surface area (Å²) in [6.07, 6.45) is -2.00. The Morgan fingerprint density at radius 1 is 1.06 bits per heavy atom. The lowest BCUT2D eigenvalue weighted by Gasteiger charge is -2.25. The van der Waals surface area contributed by atoms with Crippen molar-refractivity contribution in [2.75, 3.05) is 12.0 Å². The molecule has 1 unspecified atom stereocenters. The molecule has 0 aliphatic carbocycles. The molecule has 1 amide bonds. The van der Waals surface area contributed by atoms with Crippen molar-refractivity contribution in [2.24, 2.45) is 0 Å². The van der Waals surface area contributed by atoms with Gasteiger partial charge < -0.3 is 14.6 Å². The Morgan fingerprint density at radius 2 is 1.71 bits per heavy atom. The Bertz CT molecular complexity index is 1310. The highest BCUT2D eigenvalue weighted by molar-refractivity contribution is 6.51. The van der Waals surface area contributed by atoms with Crippen molar-refractivity contribution in [2.45, 2.75) is 12.4 Å². The molecule has 0 bridgehead atoms. The van der Waals surface area contributed by atoms with Gasteiger partial charge >= 0.3 is 6.36 Å². The van der Waals surface area contributed by atoms with Crippen LogP contribution in [0.1, 0.15) is 17.2 Å². The van der Waals surface area contributed by atoms with E-state index in [-0.39, 0.29) is 27.6 Å². The number of nitrogens with zero attached hydrogens (tertiary/aromatic N) is 2. The first-order valence-corrected chi connectivity index (χ1v) is 10.4. The molecule has 0 radical (unpaired) electrons. The van der Waals surface area contributed by atoms with Crippen LogP contribution in [0.4, 0.5) is 18.9 Å². The van der Waals surface area contributed by atoms with Gasteiger partial charge in [0.2, 0.25) is 0 Å². The van der Waals surface area contributed by atoms with Crippen LogP contribution >= 0.6 is 11.6 Å². The molecule has 7 nitrogen and oxygen atoms in total. The van der Waals surface area contributed by atoms with Gasteiger partial charge in [0, 0.05) is 23.6 Å². The molecule has 2 heterocycles. The molecule has 1 fully saturated rings. The zero-order chi connectivity index (χ0) is 25.3. The molecule has 4 rings (SSSR count). The number of ether oxygens (including phenoxy) is 2. The SMILES string of the molecule is COc1cc(/C(O)=C2/C(=O)C(=O)N(c3ccc(OC(F)(F)F)cc3)C2c2ccncc2)ccc1Cl. The molecule has 0 saturated carbocycles. The second-order valence-corrected chi connectivity index (χ2v) is 7.75. The van der Waals surface area contributed by atoms with Crippen LogP contribution in [-0.4, -0.2) is 35.3 Å². The summed E-state index contributed by atoms with van der Waals surface area (Å²) in [5.74, 6) is -2.68. The van der Waals surface area contributed by atoms with Crippen LogP contribution in [-0.2, 0) is 9.59 Å². The maximum absolute atomic E-state index is 13.1. The number of amides is 1. The highest BCUT2D eigenvalue weighted by Crippen LogP contribution is 2.43. The van der Waals surface area contributed by atoms with Crippen molar-refractivity contribution in [1.82, 2.24) is 4.98 Å². The fourth-order valence-corrected chi connectivity index (χ4v) is 3.93. The highest BCUT2D eigenvalue weighted by Gasteiger charge is 2.47. The van der Waals surface area contributed by atoms with E-state index >= 15 is 0 Å². The minimum atomic E-state index is -4.89. The number of benzene rings is 2. The second kappa shape index (κ2) is 9.30. The Hall–Kier alpha value is -4.05. The van der Waals surface area contributed by atoms with Gasteiger partial charge in [-0.2, -0.15) is 0 Å². The molecule has 35 heavy (non-hydrogen) atoms. The van der Waals surface area contributed by atoms with Gasteiger partial charge in [-0.3, -0.25) is 19.5 Å². The predicted octanol–water partition coefficient (Wildman–Crippen LogP) is 5.27. The van der Waals surface area contributed by atoms with E-state index in [2.05, 4.69) is 9.72 Å². The minimum Gasteiger partial charge on any atom is -0.507 e. The molecule has 3 aromatic rings. The number of hydrogen-bond donors (Lipinski definition) is 1. The Labute approximate surface area is 202 Å². The van der Waals surface area contributed by atoms with Gasteiger partial charge in [0.05, 0.1) is 23.7 Å². The molecule has 1 aromatic heterocycles. The van der Waals surface area contributed by atoms with E-state index in [4.69, 9.17) is 16.3 Å². The standard InChI is InChI=1S/C24H16ClF3N2O5/c1-34-18-12-14(2-7-17(18)25)21(31)19-20(13-8-10-29-11-9-13)30(23(33)22(19)32)15-3-5-16(6-4-15)35-24(26,27)28/h2-12,20,31H,1H3/b21-19-. The van der Waals surface area contributed by atoms with Gasteiger partial charge in [-0.15, -0.1) is 13.2 Å². The van der Waals surface area contributed by atoms with Crippen molar-refractivity contribution >= 4 is 34.7 Å². The largest absolute Gasteiger partial charge is 0.573 e. The summed E-state index contributed by atoms with van der Waals surface area (Å²) in [6.45, 7) is 0. The second-order valence-electron chi connectivity index (χ2n) is 7.34. The number of ketones is 1. The zero-order valence-corrected chi connectivity index (χ0v) is 18.7. The molecule has 1 N–H and O–H groups in total. The number of halogens is 4. The van der Waals surface area contributed by atoms with E-state index < -0.39 is 35.6 Å². The van der Waals surface area contributed by atoms with E-state index in [0.717, 1.165) is 17.0 Å². The summed E-state index contributed by atoms with van der Waals surface area (Å²) in [7, 11) is 1.38. The summed E-state index contributed by atoms with van der Waals surface area (Å²) in [5.41, 5.74) is 0.520. The number of alkyl halides is 3. The number of methoxy groups -OCH3 is 1. The predicted molar refractivity (Wildman–Crippen MR) is 120 cm³/mol. The molecule has 2 aromatic carbocycles. The number of aliphatic hydroxyl groups excluding tert-OH is 1. The maximum Gasteiger partial charge on any atom is 0.573 e. The van der Waals surface area contributed by atoms with E-state index in [0.29, 0.717) is 5.56 Å². The van der Waals surface area contributed by atoms with Crippen molar-refractivity contribution in [3.05, 3.63) is 88.7 Å². The topological polar surface area (TPSA) is 89.0 Å². The molecule has 1 aliphatic rings. The van der Waals surface area contributed by atoms with Gasteiger partial charge in [-0.1, -0.05) is 11.6 Å². The molecular formula is C24H16ClF3N2O5. The van der Waals surface area contributed by atoms with Gasteiger partial charge in [0.15, 0.2) is 0 Å². The quantitative estimate of drug-likeness (QED) is 0.289. The average Bonchev–Trinajstić information content (AvgIpc) is 3.09. The lowest BCUT2D eigenvalue weighted by molar-refractivity contribution is -0.274. The Balaban J connectivity index is 1.85. The van der Waals surface area contributed by atoms with Crippen LogP contribution in [0.5, 0.6) is 11.5 Å². The molecular weight excluding hydrogens is 489 g/mol. The van der Waals surface area contributed by atoms with Crippen molar-refractivity contribution in [1.29, 1.82) is 0 Å². The van der Waals surface area contributed by atoms with Crippen LogP contribution in [0.2, 0.25) is 5.02 Å². The van der Waals surface area contributed by atoms with E-state index in [1.54, 1.807) is 12.1 Å². The van der Waals surface area contributed by atoms with E-state index in [9.17, 15) is 27.9 Å². The first kappa shape index (κ1) is 24.1. The lowest BCUT2D eigenvalue weighted by atomic mass is 9.95. The highest BCUT2D eigenvalue weighted by atomic mass is 35.5. The third-order valence-electron chi connectivity index (χ3n) is 5.24. The first-order chi connectivity index (χ1) is 16.6. The molecule has 1 aliphatic heterocycles. The zero-order valence-electron chi connectivity index (χ0n) is 17.9. The number of rotatable bonds is 5. The van der Waals surface area contributed by atoms with Crippen molar-refractivity contribution < 1.29 is 37.3 Å². The number of anilines is 1. The normalized spacial score (nSPS) is 17.5. The molecule has 180 valence electrons. The van der Waals surface area contributed by atoms with Crippen molar-refractivity contribution in [3.8, 4) is 11.5 Å². The van der Waals surface area contributed by atoms with E-state index in [1.165, 1.54) is 49.8 Å². The summed E-state index contributed by atoms with van der Waals surface area (Å²) >= 11 is 6.05. The van der Waals surface area contributed by atoms with Crippen LogP contribution < -0.4 is 14.4 Å². The summed E-state index contributed by atoms with van der Waals surface area (Å²) < 4.78 is 46.6. The fourth-order valence-electron chi connectivity index (χ4n) is 3.73. The van der Waals surface area contributed by atoms with Crippen LogP contribution in [0.15, 0.2) is 72.6 Å². The maximum atomic E-state index is 13.1. The smallest absolute Gasteiger partial charge is 0.507 e. The third kappa shape index (κ3) is 4.78. The van der Waals surface area contributed by atoms with Gasteiger partial charge in [-0.05, 0) is 60.2 Å². The minimum absolute atomic E-state index is 0.121. The van der Waals surface area contributed by atoms with Crippen LogP contribution in [0.3, 0.4) is 0 Å². The number of aromatic nitrogens is 1. The summed E-state index contributed by atoms with van der Waals surface area (Å²) in [4.78, 5) is 31.2. The van der Waals surface area contributed by atoms with Gasteiger partial charge in [0.1, 0.15) is 17.3 Å². The monoisotopic (exact) mass is 504 g/mol. The Morgan fingerprint density at radius 3 is 2.31 bits per heavy atom. The Kier molecular flexibility index (Phi) is 6.40. The number of pyridine rings is 1. The molecule has 11 heteroatoms. The fraction of sp³-hybridized carbons (Fsp3) is 0.125. The molecule has 1 atom stereocenters. The van der Waals surface area contributed by atoms with Crippen LogP contribution in [0.25, 0.3) is 5.76 Å². The first-order valence-electron chi connectivity index (χ1n) is 10.0. The summed E-state index contributed by atoms with van der Waals surface area (Å²) in [5, 5.41) is 11.4. The number of carbonyl (C=O) groups is 2. The van der Waals surface area contributed by atoms with Gasteiger partial charge in [-0.25, -0.2) is 0 Å². The third-order valence-corrected chi connectivity index (χ3v) is 5.55. The van der Waals surface area contributed by atoms with Crippen LogP contribution in [0, 0.1) is 0 Å². The van der Waals surface area contributed by atoms with E-state index in [1.807, 2.05) is 0 Å². The lowest BCUT2D eigenvalue weighted by Crippen LogP contribution is -2.29. The number of aliphatic hydroxyl groups is 1. The van der Waals surface area contributed by atoms with Crippen molar-refractivity contribution in [3.63, 3.8) is 0 Å². The number of hydrogen-bond acceptors (Lipinski definition) is 6. The summed E-state index contributed by atoms with van der Waals surface area (Å²) in [6, 6.07) is 10.8. The number of carbonyl (C=O) groups excluding carboxylic acids is 2. The molecule has 1 saturated heterocycles. The number of Topliss-reactive ketones (excluding diaryl/α,β-unsaturated/α-hetero) is 1.